The molecule has 1 aromatic carbocycles. The van der Waals surface area contributed by atoms with Crippen LogP contribution in [0.25, 0.3) is 0 Å². The summed E-state index contributed by atoms with van der Waals surface area (Å²) in [5.41, 5.74) is 5.85. The molecule has 0 saturated carbocycles. The van der Waals surface area contributed by atoms with Crippen LogP contribution in [0.5, 0.6) is 0 Å². The van der Waals surface area contributed by atoms with E-state index in [4.69, 9.17) is 10.9 Å². The summed E-state index contributed by atoms with van der Waals surface area (Å²) in [6.07, 6.45) is 0. The second-order valence-corrected chi connectivity index (χ2v) is 3.68. The predicted octanol–water partition coefficient (Wildman–Crippen LogP) is 0.0782. The number of anilines is 1. The third kappa shape index (κ3) is 2.50. The molecule has 0 spiro atoms. The van der Waals surface area contributed by atoms with Crippen molar-refractivity contribution < 1.29 is 8.42 Å². The van der Waals surface area contributed by atoms with Gasteiger partial charge in [-0.2, -0.15) is 0 Å². The minimum absolute atomic E-state index is 0. The molecule has 1 aromatic rings. The fourth-order valence-corrected chi connectivity index (χ4v) is 1.17. The number of hydrogen-bond acceptors (Lipinski definition) is 4. The third-order valence-corrected chi connectivity index (χ3v) is 2.14. The van der Waals surface area contributed by atoms with Crippen molar-refractivity contribution in [2.45, 2.75) is 4.90 Å². The zero-order valence-electron chi connectivity index (χ0n) is 6.40. The Hall–Kier alpha value is -1.11. The second kappa shape index (κ2) is 3.53. The number of rotatable bonds is 1. The van der Waals surface area contributed by atoms with Gasteiger partial charge in [0.05, 0.1) is 4.90 Å². The van der Waals surface area contributed by atoms with Gasteiger partial charge >= 0.3 is 0 Å². The van der Waals surface area contributed by atoms with Crippen LogP contribution in [0.2, 0.25) is 0 Å². The minimum Gasteiger partial charge on any atom is -0.399 e. The van der Waals surface area contributed by atoms with Crippen molar-refractivity contribution in [1.29, 1.82) is 0 Å². The van der Waals surface area contributed by atoms with Gasteiger partial charge < -0.3 is 11.9 Å². The summed E-state index contributed by atoms with van der Waals surface area (Å²) in [7, 11) is -3.58. The largest absolute Gasteiger partial charge is 0.399 e. The van der Waals surface area contributed by atoms with E-state index in [1.54, 1.807) is 0 Å². The average Bonchev–Trinajstić information content (AvgIpc) is 1.86. The predicted molar refractivity (Wildman–Crippen MR) is 47.2 cm³/mol. The highest BCUT2D eigenvalue weighted by Crippen LogP contribution is 2.08. The van der Waals surface area contributed by atoms with E-state index >= 15 is 0 Å². The van der Waals surface area contributed by atoms with Crippen molar-refractivity contribution in [1.82, 2.24) is 6.15 Å². The van der Waals surface area contributed by atoms with Crippen molar-refractivity contribution in [3.8, 4) is 0 Å². The first-order valence-electron chi connectivity index (χ1n) is 2.88. The van der Waals surface area contributed by atoms with E-state index in [1.165, 1.54) is 24.3 Å². The molecule has 0 heterocycles. The highest BCUT2D eigenvalue weighted by atomic mass is 32.2. The van der Waals surface area contributed by atoms with Gasteiger partial charge in [0.2, 0.25) is 10.0 Å². The van der Waals surface area contributed by atoms with Crippen LogP contribution in [0.15, 0.2) is 29.2 Å². The van der Waals surface area contributed by atoms with E-state index in [2.05, 4.69) is 0 Å². The molecule has 0 aliphatic rings. The molecule has 68 valence electrons. The highest BCUT2D eigenvalue weighted by Gasteiger charge is 2.04. The van der Waals surface area contributed by atoms with Gasteiger partial charge in [-0.1, -0.05) is 0 Å². The number of benzene rings is 1. The normalized spacial score (nSPS) is 10.4. The number of hydrogen-bond donors (Lipinski definition) is 3. The van der Waals surface area contributed by atoms with Crippen LogP contribution in [0.3, 0.4) is 0 Å². The molecule has 0 bridgehead atoms. The number of sulfonamides is 1. The Bertz CT molecular complexity index is 344. The van der Waals surface area contributed by atoms with Crippen LogP contribution >= 0.6 is 0 Å². The first-order valence-corrected chi connectivity index (χ1v) is 4.43. The molecule has 7 N–H and O–H groups in total. The molecule has 0 amide bonds. The Labute approximate surface area is 71.0 Å². The molecule has 12 heavy (non-hydrogen) atoms. The molecule has 5 nitrogen and oxygen atoms in total. The van der Waals surface area contributed by atoms with Crippen LogP contribution < -0.4 is 17.0 Å². The van der Waals surface area contributed by atoms with Crippen LogP contribution in [0, 0.1) is 0 Å². The second-order valence-electron chi connectivity index (χ2n) is 2.11. The zero-order chi connectivity index (χ0) is 8.48. The summed E-state index contributed by atoms with van der Waals surface area (Å²) in [6.45, 7) is 0. The van der Waals surface area contributed by atoms with Gasteiger partial charge in [-0.3, -0.25) is 0 Å². The lowest BCUT2D eigenvalue weighted by molar-refractivity contribution is 0.598. The lowest BCUT2D eigenvalue weighted by Gasteiger charge is -1.96. The van der Waals surface area contributed by atoms with E-state index in [0.29, 0.717) is 5.69 Å². The maximum Gasteiger partial charge on any atom is 0.238 e. The van der Waals surface area contributed by atoms with Gasteiger partial charge in [0, 0.05) is 5.69 Å². The summed E-state index contributed by atoms with van der Waals surface area (Å²) in [6, 6.07) is 5.70. The summed E-state index contributed by atoms with van der Waals surface area (Å²) >= 11 is 0. The maximum atomic E-state index is 10.7. The smallest absolute Gasteiger partial charge is 0.238 e. The topological polar surface area (TPSA) is 121 Å². The Morgan fingerprint density at radius 2 is 1.50 bits per heavy atom. The summed E-state index contributed by atoms with van der Waals surface area (Å²) in [5.74, 6) is 0. The Morgan fingerprint density at radius 1 is 1.08 bits per heavy atom. The van der Waals surface area contributed by atoms with Gasteiger partial charge in [-0.25, -0.2) is 13.6 Å². The zero-order valence-corrected chi connectivity index (χ0v) is 7.21. The van der Waals surface area contributed by atoms with E-state index < -0.39 is 10.0 Å². The standard InChI is InChI=1S/C6H8N2O2S.H3N/c7-5-1-3-6(4-2-5)11(8,9)10;/h1-4H,7H2,(H2,8,9,10);1H3. The van der Waals surface area contributed by atoms with Gasteiger partial charge in [-0.05, 0) is 24.3 Å². The molecule has 0 aliphatic carbocycles. The summed E-state index contributed by atoms with van der Waals surface area (Å²) in [4.78, 5) is 0.0756. The fourth-order valence-electron chi connectivity index (χ4n) is 0.658. The van der Waals surface area contributed by atoms with Crippen molar-refractivity contribution >= 4 is 15.7 Å². The van der Waals surface area contributed by atoms with E-state index in [1.807, 2.05) is 0 Å². The molecule has 0 radical (unpaired) electrons. The molecule has 6 heteroatoms. The summed E-state index contributed by atoms with van der Waals surface area (Å²) in [5, 5.41) is 4.84. The first-order chi connectivity index (χ1) is 5.00. The van der Waals surface area contributed by atoms with Crippen LogP contribution in [-0.2, 0) is 10.0 Å². The van der Waals surface area contributed by atoms with Crippen molar-refractivity contribution in [3.63, 3.8) is 0 Å². The van der Waals surface area contributed by atoms with E-state index in [-0.39, 0.29) is 11.0 Å². The molecule has 0 atom stereocenters. The maximum absolute atomic E-state index is 10.7. The molecular weight excluding hydrogens is 178 g/mol. The molecule has 0 unspecified atom stereocenters. The molecule has 0 aliphatic heterocycles. The van der Waals surface area contributed by atoms with Crippen LogP contribution in [0.1, 0.15) is 0 Å². The van der Waals surface area contributed by atoms with Crippen LogP contribution in [0.4, 0.5) is 5.69 Å². The van der Waals surface area contributed by atoms with Gasteiger partial charge in [0.25, 0.3) is 0 Å². The first kappa shape index (κ1) is 10.9. The number of primary sulfonamides is 1. The Morgan fingerprint density at radius 3 is 1.83 bits per heavy atom. The number of nitrogens with two attached hydrogens (primary N) is 2. The quantitative estimate of drug-likeness (QED) is 0.541. The van der Waals surface area contributed by atoms with E-state index in [0.717, 1.165) is 0 Å². The van der Waals surface area contributed by atoms with Crippen LogP contribution in [-0.4, -0.2) is 8.42 Å². The SMILES string of the molecule is N.Nc1ccc(S(N)(=O)=O)cc1. The molecule has 0 saturated heterocycles. The van der Waals surface area contributed by atoms with Gasteiger partial charge in [0.1, 0.15) is 0 Å². The van der Waals surface area contributed by atoms with Crippen molar-refractivity contribution in [3.05, 3.63) is 24.3 Å². The fraction of sp³-hybridized carbons (Fsp3) is 0. The van der Waals surface area contributed by atoms with Crippen molar-refractivity contribution in [2.24, 2.45) is 5.14 Å². The molecule has 0 aromatic heterocycles. The molecule has 1 rings (SSSR count). The lowest BCUT2D eigenvalue weighted by atomic mass is 10.3. The monoisotopic (exact) mass is 189 g/mol. The summed E-state index contributed by atoms with van der Waals surface area (Å²) < 4.78 is 21.4. The average molecular weight is 189 g/mol. The van der Waals surface area contributed by atoms with Gasteiger partial charge in [0.15, 0.2) is 0 Å². The molecule has 0 fully saturated rings. The minimum atomic E-state index is -3.58. The third-order valence-electron chi connectivity index (χ3n) is 1.21. The van der Waals surface area contributed by atoms with Gasteiger partial charge in [-0.15, -0.1) is 0 Å². The van der Waals surface area contributed by atoms with E-state index in [9.17, 15) is 8.42 Å². The lowest BCUT2D eigenvalue weighted by Crippen LogP contribution is -2.11. The molecular formula is C6H11N3O2S. The highest BCUT2D eigenvalue weighted by molar-refractivity contribution is 7.89. The Kier molecular flexibility index (Phi) is 3.20. The number of nitrogen functional groups attached to an aromatic ring is 1. The Balaban J connectivity index is 0.00000121. The van der Waals surface area contributed by atoms with Crippen molar-refractivity contribution in [2.75, 3.05) is 5.73 Å².